The van der Waals surface area contributed by atoms with Crippen LogP contribution < -0.4 is 5.32 Å². The van der Waals surface area contributed by atoms with Crippen LogP contribution in [0.2, 0.25) is 0 Å². The van der Waals surface area contributed by atoms with Gasteiger partial charge in [-0.1, -0.05) is 12.1 Å². The number of hydrogen-bond donors (Lipinski definition) is 1. The minimum Gasteiger partial charge on any atom is -0.306 e. The van der Waals surface area contributed by atoms with Crippen LogP contribution in [0.15, 0.2) is 18.2 Å². The van der Waals surface area contributed by atoms with Crippen LogP contribution in [-0.2, 0) is 6.54 Å². The number of thiophene rings is 1. The van der Waals surface area contributed by atoms with Gasteiger partial charge in [-0.2, -0.15) is 0 Å². The van der Waals surface area contributed by atoms with E-state index < -0.39 is 0 Å². The second-order valence-corrected chi connectivity index (χ2v) is 6.98. The van der Waals surface area contributed by atoms with Crippen molar-refractivity contribution >= 4 is 11.3 Å². The Kier molecular flexibility index (Phi) is 4.61. The lowest BCUT2D eigenvalue weighted by Gasteiger charge is -2.15. The molecular weight excluding hydrogens is 269 g/mol. The Hall–Kier alpha value is -1.19. The van der Waals surface area contributed by atoms with Crippen molar-refractivity contribution in [2.75, 3.05) is 0 Å². The Morgan fingerprint density at radius 2 is 1.70 bits per heavy atom. The lowest BCUT2D eigenvalue weighted by molar-refractivity contribution is 0.570. The summed E-state index contributed by atoms with van der Waals surface area (Å²) >= 11 is 1.84. The van der Waals surface area contributed by atoms with Crippen LogP contribution in [-0.4, -0.2) is 0 Å². The molecule has 0 aliphatic heterocycles. The second kappa shape index (κ2) is 6.06. The van der Waals surface area contributed by atoms with Crippen molar-refractivity contribution in [3.05, 3.63) is 56.0 Å². The van der Waals surface area contributed by atoms with Crippen LogP contribution >= 0.6 is 11.3 Å². The third kappa shape index (κ3) is 3.28. The van der Waals surface area contributed by atoms with E-state index in [1.165, 1.54) is 15.3 Å². The van der Waals surface area contributed by atoms with Gasteiger partial charge in [0.05, 0.1) is 0 Å². The molecule has 1 nitrogen and oxygen atoms in total. The highest BCUT2D eigenvalue weighted by Crippen LogP contribution is 2.26. The average Bonchev–Trinajstić information content (AvgIpc) is 2.72. The number of rotatable bonds is 4. The Morgan fingerprint density at radius 1 is 1.10 bits per heavy atom. The van der Waals surface area contributed by atoms with Crippen molar-refractivity contribution in [3.63, 3.8) is 0 Å². The van der Waals surface area contributed by atoms with E-state index in [1.54, 1.807) is 0 Å². The molecule has 20 heavy (non-hydrogen) atoms. The number of benzene rings is 1. The van der Waals surface area contributed by atoms with Crippen LogP contribution in [0.4, 0.5) is 4.39 Å². The predicted octanol–water partition coefficient (Wildman–Crippen LogP) is 4.97. The number of aryl methyl sites for hydroxylation is 4. The van der Waals surface area contributed by atoms with Gasteiger partial charge in [0.15, 0.2) is 0 Å². The van der Waals surface area contributed by atoms with Gasteiger partial charge >= 0.3 is 0 Å². The molecule has 0 saturated heterocycles. The van der Waals surface area contributed by atoms with E-state index in [2.05, 4.69) is 32.2 Å². The van der Waals surface area contributed by atoms with Crippen molar-refractivity contribution < 1.29 is 4.39 Å². The topological polar surface area (TPSA) is 12.0 Å². The zero-order valence-electron chi connectivity index (χ0n) is 12.8. The molecule has 1 aromatic heterocycles. The first-order valence-electron chi connectivity index (χ1n) is 6.94. The highest BCUT2D eigenvalue weighted by atomic mass is 32.1. The summed E-state index contributed by atoms with van der Waals surface area (Å²) in [5, 5.41) is 3.53. The average molecular weight is 291 g/mol. The maximum atomic E-state index is 13.6. The van der Waals surface area contributed by atoms with E-state index in [-0.39, 0.29) is 5.82 Å². The third-order valence-corrected chi connectivity index (χ3v) is 4.64. The Bertz CT molecular complexity index is 592. The van der Waals surface area contributed by atoms with E-state index in [4.69, 9.17) is 0 Å². The fraction of sp³-hybridized carbons (Fsp3) is 0.412. The van der Waals surface area contributed by atoms with Gasteiger partial charge in [-0.3, -0.25) is 0 Å². The monoisotopic (exact) mass is 291 g/mol. The van der Waals surface area contributed by atoms with Gasteiger partial charge in [-0.25, -0.2) is 4.39 Å². The van der Waals surface area contributed by atoms with Crippen molar-refractivity contribution in [2.24, 2.45) is 0 Å². The van der Waals surface area contributed by atoms with Crippen molar-refractivity contribution in [1.29, 1.82) is 0 Å². The molecule has 1 N–H and O–H groups in total. The van der Waals surface area contributed by atoms with Gasteiger partial charge < -0.3 is 5.32 Å². The molecule has 1 unspecified atom stereocenters. The SMILES string of the molecule is Cc1cc(C(C)NCc2cc(C)c(F)c(C)c2)c(C)s1. The van der Waals surface area contributed by atoms with Gasteiger partial charge in [0.2, 0.25) is 0 Å². The lowest BCUT2D eigenvalue weighted by atomic mass is 10.1. The van der Waals surface area contributed by atoms with E-state index in [0.29, 0.717) is 6.04 Å². The van der Waals surface area contributed by atoms with Gasteiger partial charge in [0.25, 0.3) is 0 Å². The maximum Gasteiger partial charge on any atom is 0.129 e. The van der Waals surface area contributed by atoms with Crippen LogP contribution in [0.25, 0.3) is 0 Å². The molecule has 3 heteroatoms. The largest absolute Gasteiger partial charge is 0.306 e. The molecule has 0 bridgehead atoms. The van der Waals surface area contributed by atoms with Gasteiger partial charge in [0, 0.05) is 22.3 Å². The van der Waals surface area contributed by atoms with Crippen LogP contribution in [0, 0.1) is 33.5 Å². The summed E-state index contributed by atoms with van der Waals surface area (Å²) in [6.45, 7) is 10.9. The Morgan fingerprint density at radius 3 is 2.20 bits per heavy atom. The summed E-state index contributed by atoms with van der Waals surface area (Å²) in [4.78, 5) is 2.72. The smallest absolute Gasteiger partial charge is 0.129 e. The van der Waals surface area contributed by atoms with E-state index in [0.717, 1.165) is 23.2 Å². The Labute approximate surface area is 124 Å². The zero-order valence-corrected chi connectivity index (χ0v) is 13.6. The quantitative estimate of drug-likeness (QED) is 0.838. The summed E-state index contributed by atoms with van der Waals surface area (Å²) in [5.74, 6) is -0.0916. The zero-order chi connectivity index (χ0) is 14.9. The third-order valence-electron chi connectivity index (χ3n) is 3.65. The normalized spacial score (nSPS) is 12.7. The fourth-order valence-corrected chi connectivity index (χ4v) is 3.62. The minimum atomic E-state index is -0.0916. The fourth-order valence-electron chi connectivity index (χ4n) is 2.60. The van der Waals surface area contributed by atoms with Crippen LogP contribution in [0.5, 0.6) is 0 Å². The molecule has 0 aliphatic carbocycles. The standard InChI is InChI=1S/C17H22FNS/c1-10-6-15(7-11(2)17(10)18)9-19-13(4)16-8-12(3)20-14(16)5/h6-8,13,19H,9H2,1-5H3. The molecule has 1 heterocycles. The van der Waals surface area contributed by atoms with Crippen LogP contribution in [0.1, 0.15) is 45.0 Å². The molecular formula is C17H22FNS. The molecule has 1 atom stereocenters. The highest BCUT2D eigenvalue weighted by molar-refractivity contribution is 7.12. The summed E-state index contributed by atoms with van der Waals surface area (Å²) in [6.07, 6.45) is 0. The lowest BCUT2D eigenvalue weighted by Crippen LogP contribution is -2.18. The van der Waals surface area contributed by atoms with E-state index in [9.17, 15) is 4.39 Å². The molecule has 0 fully saturated rings. The van der Waals surface area contributed by atoms with Crippen molar-refractivity contribution in [2.45, 2.75) is 47.2 Å². The molecule has 0 spiro atoms. The van der Waals surface area contributed by atoms with E-state index >= 15 is 0 Å². The Balaban J connectivity index is 2.07. The van der Waals surface area contributed by atoms with Gasteiger partial charge in [-0.15, -0.1) is 11.3 Å². The van der Waals surface area contributed by atoms with Gasteiger partial charge in [0.1, 0.15) is 5.82 Å². The summed E-state index contributed by atoms with van der Waals surface area (Å²) < 4.78 is 13.6. The summed E-state index contributed by atoms with van der Waals surface area (Å²) in [5.41, 5.74) is 3.94. The first-order valence-corrected chi connectivity index (χ1v) is 7.76. The maximum absolute atomic E-state index is 13.6. The molecule has 2 aromatic rings. The molecule has 0 aliphatic rings. The van der Waals surface area contributed by atoms with E-state index in [1.807, 2.05) is 37.3 Å². The molecule has 2 rings (SSSR count). The van der Waals surface area contributed by atoms with Crippen LogP contribution in [0.3, 0.4) is 0 Å². The number of nitrogens with one attached hydrogen (secondary N) is 1. The summed E-state index contributed by atoms with van der Waals surface area (Å²) in [6, 6.07) is 6.41. The highest BCUT2D eigenvalue weighted by Gasteiger charge is 2.11. The molecule has 0 amide bonds. The second-order valence-electron chi connectivity index (χ2n) is 5.51. The van der Waals surface area contributed by atoms with Crippen molar-refractivity contribution in [3.8, 4) is 0 Å². The first-order chi connectivity index (χ1) is 9.38. The summed E-state index contributed by atoms with van der Waals surface area (Å²) in [7, 11) is 0. The molecule has 0 saturated carbocycles. The molecule has 108 valence electrons. The molecule has 0 radical (unpaired) electrons. The van der Waals surface area contributed by atoms with Gasteiger partial charge in [-0.05, 0) is 62.9 Å². The number of hydrogen-bond acceptors (Lipinski definition) is 2. The predicted molar refractivity (Wildman–Crippen MR) is 84.9 cm³/mol. The first kappa shape index (κ1) is 15.2. The molecule has 1 aromatic carbocycles. The minimum absolute atomic E-state index is 0.0916. The number of halogens is 1. The van der Waals surface area contributed by atoms with Crippen molar-refractivity contribution in [1.82, 2.24) is 5.32 Å².